The molecule has 5 rings (SSSR count). The van der Waals surface area contributed by atoms with E-state index in [1.807, 2.05) is 0 Å². The second kappa shape index (κ2) is 9.55. The van der Waals surface area contributed by atoms with Crippen LogP contribution in [-0.2, 0) is 26.7 Å². The highest BCUT2D eigenvalue weighted by atomic mass is 32.2. The Hall–Kier alpha value is -3.59. The number of anilines is 1. The molecular formula is C24H26F3N5O6S. The molecule has 3 aliphatic rings. The van der Waals surface area contributed by atoms with Crippen molar-refractivity contribution in [2.45, 2.75) is 30.2 Å². The highest BCUT2D eigenvalue weighted by Gasteiger charge is 2.49. The van der Waals surface area contributed by atoms with E-state index in [-0.39, 0.29) is 42.5 Å². The highest BCUT2D eigenvalue weighted by molar-refractivity contribution is 7.89. The zero-order chi connectivity index (χ0) is 28.3. The van der Waals surface area contributed by atoms with E-state index in [9.17, 15) is 36.0 Å². The molecule has 3 aliphatic heterocycles. The smallest absolute Gasteiger partial charge is 0.312 e. The van der Waals surface area contributed by atoms with Crippen LogP contribution in [0.15, 0.2) is 29.3 Å². The summed E-state index contributed by atoms with van der Waals surface area (Å²) in [5.41, 5.74) is 0.577. The molecule has 4 heterocycles. The largest absolute Gasteiger partial charge is 0.489 e. The summed E-state index contributed by atoms with van der Waals surface area (Å²) in [6.45, 7) is -0.161. The number of nitrogens with zero attached hydrogens (tertiary/aromatic N) is 3. The number of hydrogen-bond acceptors (Lipinski definition) is 6. The maximum Gasteiger partial charge on any atom is 0.312 e. The van der Waals surface area contributed by atoms with Gasteiger partial charge in [-0.2, -0.15) is 0 Å². The Morgan fingerprint density at radius 1 is 1.15 bits per heavy atom. The predicted molar refractivity (Wildman–Crippen MR) is 130 cm³/mol. The summed E-state index contributed by atoms with van der Waals surface area (Å²) in [4.78, 5) is 39.7. The van der Waals surface area contributed by atoms with Crippen LogP contribution in [0, 0.1) is 18.7 Å². The third kappa shape index (κ3) is 5.07. The topological polar surface area (TPSA) is 130 Å². The SMILES string of the molecule is Cc1cc(NC(=O)c2c3c(cn2C)S(=O)(=O)N[C@@H]2CN(C(=O)C(=O)N4CC(F)(F)C4)CC[C@H]2CO3)ccc1F. The molecule has 3 amide bonds. The van der Waals surface area contributed by atoms with E-state index < -0.39 is 64.5 Å². The summed E-state index contributed by atoms with van der Waals surface area (Å²) in [5, 5.41) is 2.63. The van der Waals surface area contributed by atoms with Crippen molar-refractivity contribution in [3.63, 3.8) is 0 Å². The molecular weight excluding hydrogens is 543 g/mol. The number of hydrogen-bond donors (Lipinski definition) is 2. The maximum absolute atomic E-state index is 13.6. The lowest BCUT2D eigenvalue weighted by molar-refractivity contribution is -0.174. The fourth-order valence-electron chi connectivity index (χ4n) is 4.98. The molecule has 2 saturated heterocycles. The van der Waals surface area contributed by atoms with E-state index in [1.165, 1.54) is 36.0 Å². The van der Waals surface area contributed by atoms with Crippen LogP contribution in [0.25, 0.3) is 0 Å². The number of rotatable bonds is 2. The molecule has 0 spiro atoms. The zero-order valence-corrected chi connectivity index (χ0v) is 21.9. The summed E-state index contributed by atoms with van der Waals surface area (Å²) in [6.07, 6.45) is 1.49. The fourth-order valence-corrected chi connectivity index (χ4v) is 6.47. The fraction of sp³-hybridized carbons (Fsp3) is 0.458. The van der Waals surface area contributed by atoms with Gasteiger partial charge in [-0.3, -0.25) is 14.4 Å². The molecule has 39 heavy (non-hydrogen) atoms. The summed E-state index contributed by atoms with van der Waals surface area (Å²) in [5.74, 6) is -6.69. The number of likely N-dealkylation sites (tertiary alicyclic amines) is 2. The molecule has 2 atom stereocenters. The Labute approximate surface area is 221 Å². The Morgan fingerprint density at radius 3 is 2.51 bits per heavy atom. The van der Waals surface area contributed by atoms with Gasteiger partial charge >= 0.3 is 11.8 Å². The van der Waals surface area contributed by atoms with Gasteiger partial charge in [0.25, 0.3) is 11.8 Å². The van der Waals surface area contributed by atoms with Crippen molar-refractivity contribution < 1.29 is 40.7 Å². The molecule has 210 valence electrons. The van der Waals surface area contributed by atoms with Crippen molar-refractivity contribution in [3.8, 4) is 5.75 Å². The van der Waals surface area contributed by atoms with Crippen molar-refractivity contribution in [1.82, 2.24) is 19.1 Å². The molecule has 2 fully saturated rings. The van der Waals surface area contributed by atoms with Crippen molar-refractivity contribution in [3.05, 3.63) is 41.5 Å². The van der Waals surface area contributed by atoms with Gasteiger partial charge < -0.3 is 24.4 Å². The second-order valence-electron chi connectivity index (χ2n) is 10.1. The minimum Gasteiger partial charge on any atom is -0.489 e. The van der Waals surface area contributed by atoms with Gasteiger partial charge in [0.15, 0.2) is 11.4 Å². The normalized spacial score (nSPS) is 23.3. The minimum absolute atomic E-state index is 0.00839. The average molecular weight is 570 g/mol. The first-order valence-corrected chi connectivity index (χ1v) is 13.6. The van der Waals surface area contributed by atoms with Gasteiger partial charge in [0, 0.05) is 44.0 Å². The molecule has 2 N–H and O–H groups in total. The first kappa shape index (κ1) is 27.0. The van der Waals surface area contributed by atoms with E-state index in [1.54, 1.807) is 6.92 Å². The molecule has 0 aliphatic carbocycles. The number of carbonyl (C=O) groups excluding carboxylic acids is 3. The third-order valence-electron chi connectivity index (χ3n) is 7.13. The summed E-state index contributed by atoms with van der Waals surface area (Å²) < 4.78 is 76.3. The van der Waals surface area contributed by atoms with Gasteiger partial charge in [-0.15, -0.1) is 0 Å². The number of amides is 3. The average Bonchev–Trinajstić information content (AvgIpc) is 3.18. The first-order valence-electron chi connectivity index (χ1n) is 12.1. The van der Waals surface area contributed by atoms with E-state index in [0.717, 1.165) is 9.80 Å². The molecule has 1 aromatic heterocycles. The highest BCUT2D eigenvalue weighted by Crippen LogP contribution is 2.35. The molecule has 0 unspecified atom stereocenters. The van der Waals surface area contributed by atoms with E-state index >= 15 is 0 Å². The quantitative estimate of drug-likeness (QED) is 0.521. The van der Waals surface area contributed by atoms with E-state index in [2.05, 4.69) is 10.0 Å². The lowest BCUT2D eigenvalue weighted by atomic mass is 9.92. The van der Waals surface area contributed by atoms with Gasteiger partial charge in [0.1, 0.15) is 10.7 Å². The Bertz CT molecular complexity index is 1470. The van der Waals surface area contributed by atoms with Crippen molar-refractivity contribution in [2.24, 2.45) is 13.0 Å². The molecule has 0 bridgehead atoms. The number of ether oxygens (including phenoxy) is 1. The Morgan fingerprint density at radius 2 is 1.85 bits per heavy atom. The van der Waals surface area contributed by atoms with Crippen LogP contribution in [0.3, 0.4) is 0 Å². The number of benzene rings is 1. The standard InChI is InChI=1S/C24H26F3N5O6S/c1-13-7-15(3-4-16(13)25)28-21(33)19-20-18(9-30(19)2)39(36,37)29-17-8-31(6-5-14(17)10-38-20)22(34)23(35)32-11-24(26,27)12-32/h3-4,7,9,14,17,29H,5-6,8,10-12H2,1-2H3,(H,28,33)/t14-,17+/m0/s1. The maximum atomic E-state index is 13.6. The van der Waals surface area contributed by atoms with Crippen LogP contribution in [0.1, 0.15) is 22.5 Å². The molecule has 0 saturated carbocycles. The number of sulfonamides is 1. The second-order valence-corrected chi connectivity index (χ2v) is 11.7. The van der Waals surface area contributed by atoms with Gasteiger partial charge in [0.2, 0.25) is 10.0 Å². The minimum atomic E-state index is -4.25. The predicted octanol–water partition coefficient (Wildman–Crippen LogP) is 1.09. The molecule has 0 radical (unpaired) electrons. The van der Waals surface area contributed by atoms with Gasteiger partial charge in [-0.1, -0.05) is 0 Å². The number of aromatic nitrogens is 1. The lowest BCUT2D eigenvalue weighted by Crippen LogP contribution is -2.63. The summed E-state index contributed by atoms with van der Waals surface area (Å²) in [6, 6.07) is 3.21. The monoisotopic (exact) mass is 569 g/mol. The van der Waals surface area contributed by atoms with E-state index in [4.69, 9.17) is 4.74 Å². The van der Waals surface area contributed by atoms with Crippen LogP contribution in [0.2, 0.25) is 0 Å². The number of fused-ring (bicyclic) bond motifs is 2. The summed E-state index contributed by atoms with van der Waals surface area (Å²) in [7, 11) is -2.77. The van der Waals surface area contributed by atoms with Crippen LogP contribution in [0.5, 0.6) is 5.75 Å². The number of aryl methyl sites for hydroxylation is 2. The van der Waals surface area contributed by atoms with Gasteiger partial charge in [-0.25, -0.2) is 26.3 Å². The number of piperidine rings is 1. The van der Waals surface area contributed by atoms with Gasteiger partial charge in [-0.05, 0) is 37.1 Å². The van der Waals surface area contributed by atoms with Crippen molar-refractivity contribution >= 4 is 33.4 Å². The summed E-state index contributed by atoms with van der Waals surface area (Å²) >= 11 is 0. The number of alkyl halides is 2. The van der Waals surface area contributed by atoms with Crippen LogP contribution < -0.4 is 14.8 Å². The molecule has 11 nitrogen and oxygen atoms in total. The first-order chi connectivity index (χ1) is 18.3. The van der Waals surface area contributed by atoms with Crippen LogP contribution in [-0.4, -0.2) is 85.3 Å². The zero-order valence-electron chi connectivity index (χ0n) is 21.0. The van der Waals surface area contributed by atoms with Crippen molar-refractivity contribution in [2.75, 3.05) is 38.1 Å². The third-order valence-corrected chi connectivity index (χ3v) is 8.61. The van der Waals surface area contributed by atoms with Crippen LogP contribution in [0.4, 0.5) is 18.9 Å². The van der Waals surface area contributed by atoms with Crippen LogP contribution >= 0.6 is 0 Å². The van der Waals surface area contributed by atoms with Crippen molar-refractivity contribution in [1.29, 1.82) is 0 Å². The molecule has 1 aromatic carbocycles. The van der Waals surface area contributed by atoms with Gasteiger partial charge in [0.05, 0.1) is 19.7 Å². The Balaban J connectivity index is 1.34. The Kier molecular flexibility index (Phi) is 6.61. The molecule has 15 heteroatoms. The number of nitrogens with one attached hydrogen (secondary N) is 2. The molecule has 2 aromatic rings. The number of carbonyl (C=O) groups is 3. The lowest BCUT2D eigenvalue weighted by Gasteiger charge is -2.42. The van der Waals surface area contributed by atoms with E-state index in [0.29, 0.717) is 11.3 Å². The number of halogens is 3.